The maximum atomic E-state index is 12.2. The van der Waals surface area contributed by atoms with Gasteiger partial charge < -0.3 is 20.4 Å². The van der Waals surface area contributed by atoms with Gasteiger partial charge in [-0.05, 0) is 27.2 Å². The van der Waals surface area contributed by atoms with E-state index in [0.717, 1.165) is 0 Å². The first-order valence-electron chi connectivity index (χ1n) is 9.49. The van der Waals surface area contributed by atoms with Gasteiger partial charge in [0.2, 0.25) is 11.8 Å². The average Bonchev–Trinajstić information content (AvgIpc) is 2.93. The van der Waals surface area contributed by atoms with Crippen molar-refractivity contribution in [3.8, 4) is 0 Å². The largest absolute Gasteiger partial charge is 0.357 e. The van der Waals surface area contributed by atoms with E-state index in [-0.39, 0.29) is 48.9 Å². The molecule has 156 valence electrons. The molecule has 1 fully saturated rings. The van der Waals surface area contributed by atoms with Gasteiger partial charge in [0.1, 0.15) is 0 Å². The highest BCUT2D eigenvalue weighted by atomic mass is 32.2. The number of sulfone groups is 1. The molecule has 27 heavy (non-hydrogen) atoms. The average molecular weight is 404 g/mol. The van der Waals surface area contributed by atoms with Crippen molar-refractivity contribution < 1.29 is 18.0 Å². The summed E-state index contributed by atoms with van der Waals surface area (Å²) in [6.07, 6.45) is 0.638. The number of likely N-dealkylation sites (N-methyl/N-ethyl adjacent to an activating group) is 2. The number of hydrogen-bond acceptors (Lipinski definition) is 5. The van der Waals surface area contributed by atoms with E-state index in [0.29, 0.717) is 32.0 Å². The van der Waals surface area contributed by atoms with E-state index in [2.05, 4.69) is 15.6 Å². The Labute approximate surface area is 162 Å². The summed E-state index contributed by atoms with van der Waals surface area (Å²) in [7, 11) is -1.23. The Hall–Kier alpha value is -1.84. The van der Waals surface area contributed by atoms with Crippen LogP contribution in [0.2, 0.25) is 0 Å². The van der Waals surface area contributed by atoms with Crippen molar-refractivity contribution in [2.75, 3.05) is 51.3 Å². The highest BCUT2D eigenvalue weighted by Crippen LogP contribution is 2.11. The van der Waals surface area contributed by atoms with Crippen LogP contribution in [0.1, 0.15) is 33.6 Å². The lowest BCUT2D eigenvalue weighted by atomic mass is 10.2. The summed E-state index contributed by atoms with van der Waals surface area (Å²) in [6, 6.07) is -0.297. The predicted octanol–water partition coefficient (Wildman–Crippen LogP) is -0.554. The number of hydrogen-bond donors (Lipinski definition) is 2. The van der Waals surface area contributed by atoms with E-state index < -0.39 is 9.84 Å². The number of carbonyl (C=O) groups is 2. The molecule has 0 aromatic rings. The molecule has 0 aliphatic carbocycles. The van der Waals surface area contributed by atoms with Gasteiger partial charge in [0.15, 0.2) is 15.8 Å². The molecule has 0 spiro atoms. The van der Waals surface area contributed by atoms with Gasteiger partial charge in [-0.25, -0.2) is 8.42 Å². The van der Waals surface area contributed by atoms with Gasteiger partial charge in [-0.15, -0.1) is 0 Å². The molecule has 1 saturated heterocycles. The van der Waals surface area contributed by atoms with Crippen LogP contribution in [-0.4, -0.2) is 93.3 Å². The van der Waals surface area contributed by atoms with Crippen LogP contribution in [-0.2, 0) is 19.4 Å². The van der Waals surface area contributed by atoms with Crippen LogP contribution in [0.4, 0.5) is 0 Å². The lowest BCUT2D eigenvalue weighted by molar-refractivity contribution is -0.131. The molecule has 1 heterocycles. The number of carbonyl (C=O) groups excluding carboxylic acids is 2. The second-order valence-electron chi connectivity index (χ2n) is 6.58. The smallest absolute Gasteiger partial charge is 0.242 e. The zero-order valence-corrected chi connectivity index (χ0v) is 17.6. The number of nitrogens with one attached hydrogen (secondary N) is 2. The third-order valence-corrected chi connectivity index (χ3v) is 6.15. The molecule has 1 unspecified atom stereocenters. The molecule has 2 N–H and O–H groups in total. The Morgan fingerprint density at radius 3 is 2.37 bits per heavy atom. The molecular weight excluding hydrogens is 370 g/mol. The van der Waals surface area contributed by atoms with E-state index in [1.165, 1.54) is 0 Å². The zero-order valence-electron chi connectivity index (χ0n) is 16.8. The van der Waals surface area contributed by atoms with Crippen molar-refractivity contribution in [3.05, 3.63) is 0 Å². The fourth-order valence-corrected chi connectivity index (χ4v) is 4.57. The fourth-order valence-electron chi connectivity index (χ4n) is 2.90. The maximum absolute atomic E-state index is 12.2. The summed E-state index contributed by atoms with van der Waals surface area (Å²) in [6.45, 7) is 8.25. The first-order chi connectivity index (χ1) is 12.7. The van der Waals surface area contributed by atoms with E-state index in [4.69, 9.17) is 0 Å². The highest BCUT2D eigenvalue weighted by Gasteiger charge is 2.28. The molecule has 9 nitrogen and oxygen atoms in total. The van der Waals surface area contributed by atoms with Gasteiger partial charge in [0.25, 0.3) is 0 Å². The minimum Gasteiger partial charge on any atom is -0.357 e. The second kappa shape index (κ2) is 11.1. The summed E-state index contributed by atoms with van der Waals surface area (Å²) in [5.74, 6) is 0.522. The molecule has 0 aromatic carbocycles. The van der Waals surface area contributed by atoms with Gasteiger partial charge in [-0.1, -0.05) is 0 Å². The van der Waals surface area contributed by atoms with E-state index in [1.54, 1.807) is 16.8 Å². The predicted molar refractivity (Wildman–Crippen MR) is 106 cm³/mol. The molecule has 0 radical (unpaired) electrons. The topological polar surface area (TPSA) is 111 Å². The molecule has 1 rings (SSSR count). The van der Waals surface area contributed by atoms with Gasteiger partial charge >= 0.3 is 0 Å². The van der Waals surface area contributed by atoms with E-state index >= 15 is 0 Å². The van der Waals surface area contributed by atoms with Crippen LogP contribution in [0.25, 0.3) is 0 Å². The van der Waals surface area contributed by atoms with E-state index in [9.17, 15) is 18.0 Å². The Morgan fingerprint density at radius 2 is 1.85 bits per heavy atom. The van der Waals surface area contributed by atoms with Gasteiger partial charge in [-0.2, -0.15) is 0 Å². The molecule has 10 heteroatoms. The monoisotopic (exact) mass is 403 g/mol. The number of guanidine groups is 1. The van der Waals surface area contributed by atoms with Crippen LogP contribution < -0.4 is 10.6 Å². The Balaban J connectivity index is 2.52. The minimum absolute atomic E-state index is 0.0147. The quantitative estimate of drug-likeness (QED) is 0.395. The van der Waals surface area contributed by atoms with Crippen molar-refractivity contribution in [2.24, 2.45) is 4.99 Å². The zero-order chi connectivity index (χ0) is 20.4. The Bertz CT molecular complexity index is 631. The Morgan fingerprint density at radius 1 is 1.19 bits per heavy atom. The van der Waals surface area contributed by atoms with Crippen LogP contribution in [0, 0.1) is 0 Å². The number of nitrogens with zero attached hydrogens (tertiary/aromatic N) is 3. The van der Waals surface area contributed by atoms with E-state index in [1.807, 2.05) is 20.8 Å². The first-order valence-corrected chi connectivity index (χ1v) is 11.3. The van der Waals surface area contributed by atoms with Crippen LogP contribution in [0.5, 0.6) is 0 Å². The summed E-state index contributed by atoms with van der Waals surface area (Å²) < 4.78 is 22.9. The summed E-state index contributed by atoms with van der Waals surface area (Å²) in [5, 5.41) is 5.86. The Kier molecular flexibility index (Phi) is 9.54. The normalized spacial score (nSPS) is 18.8. The summed E-state index contributed by atoms with van der Waals surface area (Å²) in [4.78, 5) is 32.1. The number of amides is 2. The van der Waals surface area contributed by atoms with Gasteiger partial charge in [0, 0.05) is 39.1 Å². The molecule has 1 aliphatic heterocycles. The molecule has 0 aromatic heterocycles. The second-order valence-corrected chi connectivity index (χ2v) is 8.80. The lowest BCUT2D eigenvalue weighted by Gasteiger charge is -2.25. The summed E-state index contributed by atoms with van der Waals surface area (Å²) >= 11 is 0. The SMILES string of the molecule is CCNC(=NCCC(=O)NC1CCS(=O)(=O)C1)N(C)CC(=O)N(CC)CC. The standard InChI is InChI=1S/C17H33N5O4S/c1-5-18-17(21(4)12-16(24)22(6-2)7-3)19-10-8-15(23)20-14-9-11-27(25,26)13-14/h14H,5-13H2,1-4H3,(H,18,19)(H,20,23). The minimum atomic E-state index is -3.01. The molecule has 0 bridgehead atoms. The van der Waals surface area contributed by atoms with Crippen molar-refractivity contribution >= 4 is 27.6 Å². The van der Waals surface area contributed by atoms with Crippen molar-refractivity contribution in [2.45, 2.75) is 39.7 Å². The molecule has 2 amide bonds. The van der Waals surface area contributed by atoms with Crippen LogP contribution in [0.3, 0.4) is 0 Å². The van der Waals surface area contributed by atoms with Crippen molar-refractivity contribution in [3.63, 3.8) is 0 Å². The molecule has 1 aliphatic rings. The van der Waals surface area contributed by atoms with Gasteiger partial charge in [-0.3, -0.25) is 14.6 Å². The molecule has 1 atom stereocenters. The molecular formula is C17H33N5O4S. The number of rotatable bonds is 9. The third kappa shape index (κ3) is 8.15. The summed E-state index contributed by atoms with van der Waals surface area (Å²) in [5.41, 5.74) is 0. The van der Waals surface area contributed by atoms with Crippen molar-refractivity contribution in [1.29, 1.82) is 0 Å². The van der Waals surface area contributed by atoms with Crippen LogP contribution >= 0.6 is 0 Å². The number of aliphatic imine (C=N–C) groups is 1. The highest BCUT2D eigenvalue weighted by molar-refractivity contribution is 7.91. The third-order valence-electron chi connectivity index (χ3n) is 4.38. The fraction of sp³-hybridized carbons (Fsp3) is 0.824. The molecule has 0 saturated carbocycles. The van der Waals surface area contributed by atoms with Gasteiger partial charge in [0.05, 0.1) is 24.6 Å². The van der Waals surface area contributed by atoms with Crippen molar-refractivity contribution in [1.82, 2.24) is 20.4 Å². The maximum Gasteiger partial charge on any atom is 0.242 e. The van der Waals surface area contributed by atoms with Crippen LogP contribution in [0.15, 0.2) is 4.99 Å². The lowest BCUT2D eigenvalue weighted by Crippen LogP contribution is -2.45. The first kappa shape index (κ1) is 23.2.